The molecule has 0 saturated carbocycles. The van der Waals surface area contributed by atoms with Crippen LogP contribution in [0.5, 0.6) is 0 Å². The Morgan fingerprint density at radius 2 is 2.12 bits per heavy atom. The van der Waals surface area contributed by atoms with Crippen LogP contribution >= 0.6 is 24.0 Å². The lowest BCUT2D eigenvalue weighted by Gasteiger charge is -2.34. The van der Waals surface area contributed by atoms with E-state index in [0.29, 0.717) is 6.54 Å². The SMILES string of the molecule is O=C(c1cc(S)cs1)N1CCN(CCO)CC1. The highest BCUT2D eigenvalue weighted by Gasteiger charge is 2.22. The minimum Gasteiger partial charge on any atom is -0.395 e. The molecule has 94 valence electrons. The second kappa shape index (κ2) is 5.86. The zero-order chi connectivity index (χ0) is 12.3. The van der Waals surface area contributed by atoms with Crippen LogP contribution in [0.1, 0.15) is 9.67 Å². The van der Waals surface area contributed by atoms with Crippen LogP contribution in [0.15, 0.2) is 16.3 Å². The highest BCUT2D eigenvalue weighted by Crippen LogP contribution is 2.20. The number of nitrogens with zero attached hydrogens (tertiary/aromatic N) is 2. The van der Waals surface area contributed by atoms with E-state index in [2.05, 4.69) is 17.5 Å². The largest absolute Gasteiger partial charge is 0.395 e. The molecular formula is C11H16N2O2S2. The molecule has 0 atom stereocenters. The second-order valence-corrected chi connectivity index (χ2v) is 5.45. The third-order valence-corrected chi connectivity index (χ3v) is 4.22. The van der Waals surface area contributed by atoms with Gasteiger partial charge in [0.05, 0.1) is 11.5 Å². The molecular weight excluding hydrogens is 256 g/mol. The summed E-state index contributed by atoms with van der Waals surface area (Å²) in [6.45, 7) is 4.03. The van der Waals surface area contributed by atoms with Gasteiger partial charge in [-0.25, -0.2) is 0 Å². The van der Waals surface area contributed by atoms with Crippen LogP contribution in [-0.4, -0.2) is 60.1 Å². The van der Waals surface area contributed by atoms with Crippen LogP contribution in [0.25, 0.3) is 0 Å². The van der Waals surface area contributed by atoms with Crippen molar-refractivity contribution in [2.24, 2.45) is 0 Å². The van der Waals surface area contributed by atoms with Crippen molar-refractivity contribution in [3.63, 3.8) is 0 Å². The van der Waals surface area contributed by atoms with Gasteiger partial charge < -0.3 is 10.0 Å². The first-order valence-corrected chi connectivity index (χ1v) is 6.93. The van der Waals surface area contributed by atoms with Gasteiger partial charge in [0.1, 0.15) is 0 Å². The van der Waals surface area contributed by atoms with Gasteiger partial charge in [-0.2, -0.15) is 0 Å². The van der Waals surface area contributed by atoms with Crippen molar-refractivity contribution in [2.75, 3.05) is 39.3 Å². The number of hydrogen-bond donors (Lipinski definition) is 2. The average Bonchev–Trinajstić information content (AvgIpc) is 2.76. The topological polar surface area (TPSA) is 43.8 Å². The number of amides is 1. The monoisotopic (exact) mass is 272 g/mol. The number of aliphatic hydroxyl groups is 1. The van der Waals surface area contributed by atoms with Gasteiger partial charge in [-0.15, -0.1) is 24.0 Å². The summed E-state index contributed by atoms with van der Waals surface area (Å²) in [6.07, 6.45) is 0. The van der Waals surface area contributed by atoms with Gasteiger partial charge in [0.2, 0.25) is 0 Å². The molecule has 2 heterocycles. The lowest BCUT2D eigenvalue weighted by Crippen LogP contribution is -2.49. The lowest BCUT2D eigenvalue weighted by atomic mass is 10.3. The van der Waals surface area contributed by atoms with Crippen LogP contribution in [0, 0.1) is 0 Å². The number of thiol groups is 1. The summed E-state index contributed by atoms with van der Waals surface area (Å²) in [5.74, 6) is 0.0962. The number of aliphatic hydroxyl groups excluding tert-OH is 1. The average molecular weight is 272 g/mol. The van der Waals surface area contributed by atoms with Gasteiger partial charge in [0.25, 0.3) is 5.91 Å². The quantitative estimate of drug-likeness (QED) is 0.800. The van der Waals surface area contributed by atoms with E-state index in [4.69, 9.17) is 5.11 Å². The highest BCUT2D eigenvalue weighted by atomic mass is 32.1. The summed E-state index contributed by atoms with van der Waals surface area (Å²) < 4.78 is 0. The van der Waals surface area contributed by atoms with E-state index >= 15 is 0 Å². The summed E-state index contributed by atoms with van der Waals surface area (Å²) in [5.41, 5.74) is 0. The molecule has 1 N–H and O–H groups in total. The Labute approximate surface area is 110 Å². The van der Waals surface area contributed by atoms with Crippen molar-refractivity contribution in [1.29, 1.82) is 0 Å². The highest BCUT2D eigenvalue weighted by molar-refractivity contribution is 7.80. The zero-order valence-corrected chi connectivity index (χ0v) is 11.2. The Balaban J connectivity index is 1.90. The Morgan fingerprint density at radius 1 is 1.41 bits per heavy atom. The van der Waals surface area contributed by atoms with Gasteiger partial charge in [0, 0.05) is 43.0 Å². The fraction of sp³-hybridized carbons (Fsp3) is 0.545. The van der Waals surface area contributed by atoms with Gasteiger partial charge >= 0.3 is 0 Å². The molecule has 4 nitrogen and oxygen atoms in total. The second-order valence-electron chi connectivity index (χ2n) is 4.03. The van der Waals surface area contributed by atoms with E-state index in [0.717, 1.165) is 36.0 Å². The van der Waals surface area contributed by atoms with E-state index in [9.17, 15) is 4.79 Å². The van der Waals surface area contributed by atoms with Crippen LogP contribution in [0.4, 0.5) is 0 Å². The smallest absolute Gasteiger partial charge is 0.264 e. The fourth-order valence-corrected chi connectivity index (χ4v) is 3.03. The van der Waals surface area contributed by atoms with Crippen LogP contribution in [0.3, 0.4) is 0 Å². The standard InChI is InChI=1S/C11H16N2O2S2/c14-6-5-12-1-3-13(4-2-12)11(15)10-7-9(16)8-17-10/h7-8,14,16H,1-6H2. The molecule has 17 heavy (non-hydrogen) atoms. The number of thiophene rings is 1. The number of rotatable bonds is 3. The molecule has 0 spiro atoms. The molecule has 0 bridgehead atoms. The van der Waals surface area contributed by atoms with Gasteiger partial charge in [0.15, 0.2) is 0 Å². The van der Waals surface area contributed by atoms with Crippen molar-refractivity contribution in [2.45, 2.75) is 4.90 Å². The lowest BCUT2D eigenvalue weighted by molar-refractivity contribution is 0.0619. The molecule has 2 rings (SSSR count). The van der Waals surface area contributed by atoms with E-state index < -0.39 is 0 Å². The number of piperazine rings is 1. The fourth-order valence-electron chi connectivity index (χ4n) is 1.91. The molecule has 1 aromatic heterocycles. The Bertz CT molecular complexity index is 387. The van der Waals surface area contributed by atoms with Crippen LogP contribution in [0.2, 0.25) is 0 Å². The predicted octanol–water partition coefficient (Wildman–Crippen LogP) is 0.787. The Morgan fingerprint density at radius 3 is 2.65 bits per heavy atom. The molecule has 1 fully saturated rings. The first-order chi connectivity index (χ1) is 8.20. The summed E-state index contributed by atoms with van der Waals surface area (Å²) in [4.78, 5) is 17.7. The number of hydrogen-bond acceptors (Lipinski definition) is 5. The maximum Gasteiger partial charge on any atom is 0.264 e. The van der Waals surface area contributed by atoms with E-state index in [1.54, 1.807) is 0 Å². The molecule has 0 radical (unpaired) electrons. The maximum absolute atomic E-state index is 12.1. The summed E-state index contributed by atoms with van der Waals surface area (Å²) in [6, 6.07) is 1.82. The Hall–Kier alpha value is -0.560. The summed E-state index contributed by atoms with van der Waals surface area (Å²) >= 11 is 5.65. The minimum absolute atomic E-state index is 0.0962. The van der Waals surface area contributed by atoms with Gasteiger partial charge in [-0.1, -0.05) is 0 Å². The van der Waals surface area contributed by atoms with E-state index in [1.807, 2.05) is 16.3 Å². The molecule has 0 aliphatic carbocycles. The van der Waals surface area contributed by atoms with Gasteiger partial charge in [-0.3, -0.25) is 9.69 Å². The zero-order valence-electron chi connectivity index (χ0n) is 9.50. The van der Waals surface area contributed by atoms with Crippen molar-refractivity contribution in [1.82, 2.24) is 9.80 Å². The third kappa shape index (κ3) is 3.22. The normalized spacial score (nSPS) is 17.4. The Kier molecular flexibility index (Phi) is 4.44. The molecule has 0 aromatic carbocycles. The molecule has 1 aliphatic heterocycles. The summed E-state index contributed by atoms with van der Waals surface area (Å²) in [7, 11) is 0. The number of β-amino-alcohol motifs (C(OH)–C–C–N with tert-alkyl or cyclic N) is 1. The molecule has 1 aliphatic rings. The van der Waals surface area contributed by atoms with Crippen molar-refractivity contribution in [3.05, 3.63) is 16.3 Å². The third-order valence-electron chi connectivity index (χ3n) is 2.87. The number of carbonyl (C=O) groups is 1. The first-order valence-electron chi connectivity index (χ1n) is 5.60. The molecule has 1 amide bonds. The summed E-state index contributed by atoms with van der Waals surface area (Å²) in [5, 5.41) is 10.7. The van der Waals surface area contributed by atoms with Crippen molar-refractivity contribution in [3.8, 4) is 0 Å². The molecule has 1 aromatic rings. The number of carbonyl (C=O) groups excluding carboxylic acids is 1. The first kappa shape index (κ1) is 12.9. The minimum atomic E-state index is 0.0962. The molecule has 0 unspecified atom stereocenters. The van der Waals surface area contributed by atoms with Crippen LogP contribution < -0.4 is 0 Å². The molecule has 6 heteroatoms. The predicted molar refractivity (Wildman–Crippen MR) is 71.0 cm³/mol. The van der Waals surface area contributed by atoms with E-state index in [1.165, 1.54) is 11.3 Å². The van der Waals surface area contributed by atoms with Crippen molar-refractivity contribution < 1.29 is 9.90 Å². The maximum atomic E-state index is 12.1. The van der Waals surface area contributed by atoms with E-state index in [-0.39, 0.29) is 12.5 Å². The van der Waals surface area contributed by atoms with Gasteiger partial charge in [-0.05, 0) is 6.07 Å². The van der Waals surface area contributed by atoms with Crippen LogP contribution in [-0.2, 0) is 0 Å². The molecule has 1 saturated heterocycles. The van der Waals surface area contributed by atoms with Crippen molar-refractivity contribution >= 4 is 29.9 Å².